The van der Waals surface area contributed by atoms with E-state index in [9.17, 15) is 14.4 Å². The number of carbonyl (C=O) groups is 3. The third-order valence-corrected chi connectivity index (χ3v) is 5.59. The van der Waals surface area contributed by atoms with Crippen LogP contribution in [0, 0.1) is 0 Å². The minimum Gasteiger partial charge on any atom is -0.482 e. The lowest BCUT2D eigenvalue weighted by atomic mass is 10.2. The second kappa shape index (κ2) is 9.61. The van der Waals surface area contributed by atoms with Crippen molar-refractivity contribution in [2.24, 2.45) is 0 Å². The van der Waals surface area contributed by atoms with E-state index in [2.05, 4.69) is 10.3 Å². The Labute approximate surface area is 188 Å². The van der Waals surface area contributed by atoms with Gasteiger partial charge >= 0.3 is 5.97 Å². The molecule has 0 radical (unpaired) electrons. The van der Waals surface area contributed by atoms with Gasteiger partial charge in [0.1, 0.15) is 5.75 Å². The highest BCUT2D eigenvalue weighted by Crippen LogP contribution is 2.31. The number of hydrogen-bond donors (Lipinski definition) is 1. The van der Waals surface area contributed by atoms with E-state index < -0.39 is 18.0 Å². The maximum Gasteiger partial charge on any atom is 0.308 e. The molecule has 32 heavy (non-hydrogen) atoms. The van der Waals surface area contributed by atoms with Crippen molar-refractivity contribution in [1.29, 1.82) is 0 Å². The van der Waals surface area contributed by atoms with Crippen LogP contribution in [-0.4, -0.2) is 42.0 Å². The molecule has 0 fully saturated rings. The molecule has 2 heterocycles. The lowest BCUT2D eigenvalue weighted by molar-refractivity contribution is -0.153. The van der Waals surface area contributed by atoms with Gasteiger partial charge in [-0.05, 0) is 19.1 Å². The van der Waals surface area contributed by atoms with Gasteiger partial charge < -0.3 is 14.4 Å². The average Bonchev–Trinajstić information content (AvgIpc) is 3.27. The molecule has 9 heteroatoms. The molecule has 1 aromatic heterocycles. The van der Waals surface area contributed by atoms with E-state index in [0.29, 0.717) is 16.6 Å². The molecule has 8 nitrogen and oxygen atoms in total. The molecule has 1 N–H and O–H groups in total. The monoisotopic (exact) mass is 451 g/mol. The zero-order valence-electron chi connectivity index (χ0n) is 17.3. The Bertz CT molecular complexity index is 1130. The van der Waals surface area contributed by atoms with E-state index in [0.717, 1.165) is 11.3 Å². The van der Waals surface area contributed by atoms with Crippen LogP contribution in [0.25, 0.3) is 11.3 Å². The van der Waals surface area contributed by atoms with Gasteiger partial charge in [-0.1, -0.05) is 42.5 Å². The number of ether oxygens (including phenoxy) is 2. The molecular formula is C23H21N3O5S. The second-order valence-electron chi connectivity index (χ2n) is 7.08. The Hall–Kier alpha value is -3.72. The summed E-state index contributed by atoms with van der Waals surface area (Å²) in [4.78, 5) is 42.8. The van der Waals surface area contributed by atoms with E-state index in [1.807, 2.05) is 41.8 Å². The number of thiazole rings is 1. The summed E-state index contributed by atoms with van der Waals surface area (Å²) in [5.41, 5.74) is 2.31. The Morgan fingerprint density at radius 2 is 1.94 bits per heavy atom. The van der Waals surface area contributed by atoms with Gasteiger partial charge in [0, 0.05) is 17.5 Å². The average molecular weight is 452 g/mol. The number of fused-ring (bicyclic) bond motifs is 1. The van der Waals surface area contributed by atoms with Gasteiger partial charge in [-0.2, -0.15) is 0 Å². The number of nitrogens with one attached hydrogen (secondary N) is 1. The smallest absolute Gasteiger partial charge is 0.308 e. The summed E-state index contributed by atoms with van der Waals surface area (Å²) in [7, 11) is 0. The largest absolute Gasteiger partial charge is 0.482 e. The first-order valence-corrected chi connectivity index (χ1v) is 10.9. The van der Waals surface area contributed by atoms with Crippen LogP contribution in [0.3, 0.4) is 0 Å². The molecule has 164 valence electrons. The van der Waals surface area contributed by atoms with Gasteiger partial charge in [-0.3, -0.25) is 19.7 Å². The van der Waals surface area contributed by atoms with E-state index in [-0.39, 0.29) is 25.5 Å². The van der Waals surface area contributed by atoms with Crippen molar-refractivity contribution in [3.63, 3.8) is 0 Å². The summed E-state index contributed by atoms with van der Waals surface area (Å²) in [6, 6.07) is 16.7. The van der Waals surface area contributed by atoms with Crippen molar-refractivity contribution in [3.05, 3.63) is 60.0 Å². The Kier molecular flexibility index (Phi) is 6.46. The third-order valence-electron chi connectivity index (χ3n) is 4.83. The predicted molar refractivity (Wildman–Crippen MR) is 121 cm³/mol. The van der Waals surface area contributed by atoms with Crippen LogP contribution in [0.4, 0.5) is 10.8 Å². The fourth-order valence-corrected chi connectivity index (χ4v) is 3.91. The molecule has 0 bridgehead atoms. The van der Waals surface area contributed by atoms with Crippen LogP contribution < -0.4 is 15.0 Å². The molecule has 0 saturated heterocycles. The van der Waals surface area contributed by atoms with E-state index in [1.165, 1.54) is 23.2 Å². The number of anilines is 2. The Balaban J connectivity index is 1.29. The number of esters is 1. The summed E-state index contributed by atoms with van der Waals surface area (Å²) in [5, 5.41) is 4.94. The minimum absolute atomic E-state index is 0.0485. The van der Waals surface area contributed by atoms with Gasteiger partial charge in [-0.15, -0.1) is 11.3 Å². The maximum atomic E-state index is 12.4. The molecule has 3 aromatic rings. The zero-order chi connectivity index (χ0) is 22.5. The predicted octanol–water partition coefficient (Wildman–Crippen LogP) is 3.50. The quantitative estimate of drug-likeness (QED) is 0.552. The standard InChI is InChI=1S/C23H21N3O5S/c1-15(22(29)25-23-24-17(14-32-23)16-7-3-2-4-8-16)31-21(28)11-12-26-18-9-5-6-10-19(18)30-13-20(26)27/h2-10,14-15H,11-13H2,1H3,(H,24,25,29)/t15-/m0/s1. The molecule has 0 unspecified atom stereocenters. The molecule has 0 spiro atoms. The topological polar surface area (TPSA) is 97.8 Å². The number of para-hydroxylation sites is 2. The van der Waals surface area contributed by atoms with Gasteiger partial charge in [-0.25, -0.2) is 4.98 Å². The van der Waals surface area contributed by atoms with Crippen molar-refractivity contribution in [2.75, 3.05) is 23.4 Å². The molecular weight excluding hydrogens is 430 g/mol. The Morgan fingerprint density at radius 3 is 2.75 bits per heavy atom. The lowest BCUT2D eigenvalue weighted by Gasteiger charge is -2.29. The maximum absolute atomic E-state index is 12.4. The molecule has 4 rings (SSSR count). The number of nitrogens with zero attached hydrogens (tertiary/aromatic N) is 2. The molecule has 0 saturated carbocycles. The number of rotatable bonds is 7. The number of amides is 2. The summed E-state index contributed by atoms with van der Waals surface area (Å²) >= 11 is 1.29. The van der Waals surface area contributed by atoms with E-state index in [4.69, 9.17) is 9.47 Å². The number of hydrogen-bond acceptors (Lipinski definition) is 7. The van der Waals surface area contributed by atoms with Crippen molar-refractivity contribution in [3.8, 4) is 17.0 Å². The summed E-state index contributed by atoms with van der Waals surface area (Å²) in [5.74, 6) is -0.694. The fraction of sp³-hybridized carbons (Fsp3) is 0.217. The zero-order valence-corrected chi connectivity index (χ0v) is 18.1. The van der Waals surface area contributed by atoms with Crippen molar-refractivity contribution >= 4 is 39.9 Å². The van der Waals surface area contributed by atoms with Crippen molar-refractivity contribution < 1.29 is 23.9 Å². The van der Waals surface area contributed by atoms with Crippen LogP contribution in [0.2, 0.25) is 0 Å². The molecule has 1 atom stereocenters. The number of carbonyl (C=O) groups excluding carboxylic acids is 3. The van der Waals surface area contributed by atoms with E-state index in [1.54, 1.807) is 18.2 Å². The molecule has 2 aromatic carbocycles. The molecule has 2 amide bonds. The third kappa shape index (κ3) is 4.94. The highest BCUT2D eigenvalue weighted by Gasteiger charge is 2.26. The number of aromatic nitrogens is 1. The van der Waals surface area contributed by atoms with Crippen LogP contribution in [0.5, 0.6) is 5.75 Å². The van der Waals surface area contributed by atoms with Gasteiger partial charge in [0.15, 0.2) is 17.8 Å². The van der Waals surface area contributed by atoms with Crippen LogP contribution in [0.1, 0.15) is 13.3 Å². The SMILES string of the molecule is C[C@H](OC(=O)CCN1C(=O)COc2ccccc21)C(=O)Nc1nc(-c2ccccc2)cs1. The van der Waals surface area contributed by atoms with Crippen molar-refractivity contribution in [2.45, 2.75) is 19.4 Å². The van der Waals surface area contributed by atoms with Crippen LogP contribution >= 0.6 is 11.3 Å². The summed E-state index contributed by atoms with van der Waals surface area (Å²) in [6.07, 6.45) is -1.05. The first-order valence-electron chi connectivity index (χ1n) is 10.0. The molecule has 1 aliphatic rings. The fourth-order valence-electron chi connectivity index (χ4n) is 3.19. The first-order chi connectivity index (χ1) is 15.5. The van der Waals surface area contributed by atoms with Gasteiger partial charge in [0.05, 0.1) is 17.8 Å². The number of benzene rings is 2. The lowest BCUT2D eigenvalue weighted by Crippen LogP contribution is -2.40. The first kappa shape index (κ1) is 21.5. The van der Waals surface area contributed by atoms with Gasteiger partial charge in [0.2, 0.25) is 0 Å². The van der Waals surface area contributed by atoms with Crippen molar-refractivity contribution in [1.82, 2.24) is 4.98 Å². The van der Waals surface area contributed by atoms with Crippen LogP contribution in [0.15, 0.2) is 60.0 Å². The summed E-state index contributed by atoms with van der Waals surface area (Å²) in [6.45, 7) is 1.55. The normalized spacial score (nSPS) is 13.7. The highest BCUT2D eigenvalue weighted by molar-refractivity contribution is 7.14. The minimum atomic E-state index is -1.00. The summed E-state index contributed by atoms with van der Waals surface area (Å²) < 4.78 is 10.6. The molecule has 0 aliphatic carbocycles. The van der Waals surface area contributed by atoms with Crippen LogP contribution in [-0.2, 0) is 19.1 Å². The Morgan fingerprint density at radius 1 is 1.19 bits per heavy atom. The highest BCUT2D eigenvalue weighted by atomic mass is 32.1. The molecule has 1 aliphatic heterocycles. The second-order valence-corrected chi connectivity index (χ2v) is 7.94. The van der Waals surface area contributed by atoms with Gasteiger partial charge in [0.25, 0.3) is 11.8 Å². The van der Waals surface area contributed by atoms with E-state index >= 15 is 0 Å².